The van der Waals surface area contributed by atoms with Crippen LogP contribution >= 0.6 is 0 Å². The second-order valence-electron chi connectivity index (χ2n) is 6.56. The predicted octanol–water partition coefficient (Wildman–Crippen LogP) is 2.05. The summed E-state index contributed by atoms with van der Waals surface area (Å²) in [6, 6.07) is 8.89. The van der Waals surface area contributed by atoms with Crippen molar-refractivity contribution in [2.75, 3.05) is 33.7 Å². The van der Waals surface area contributed by atoms with Crippen LogP contribution in [0.4, 0.5) is 0 Å². The lowest BCUT2D eigenvalue weighted by Gasteiger charge is -2.40. The van der Waals surface area contributed by atoms with Gasteiger partial charge in [0, 0.05) is 13.1 Å². The molecule has 1 spiro atoms. The Labute approximate surface area is 121 Å². The largest absolute Gasteiger partial charge is 0.342 e. The first-order valence-corrected chi connectivity index (χ1v) is 7.62. The van der Waals surface area contributed by atoms with Crippen LogP contribution in [0.5, 0.6) is 0 Å². The number of benzene rings is 1. The number of likely N-dealkylation sites (N-methyl/N-ethyl adjacent to an activating group) is 1. The third-order valence-electron chi connectivity index (χ3n) is 4.99. The maximum absolute atomic E-state index is 12.1. The van der Waals surface area contributed by atoms with E-state index in [1.54, 1.807) is 5.56 Å². The summed E-state index contributed by atoms with van der Waals surface area (Å²) in [7, 11) is 3.91. The fourth-order valence-electron chi connectivity index (χ4n) is 3.84. The van der Waals surface area contributed by atoms with Crippen LogP contribution in [0.15, 0.2) is 24.3 Å². The van der Waals surface area contributed by atoms with E-state index in [4.69, 9.17) is 0 Å². The zero-order valence-electron chi connectivity index (χ0n) is 12.6. The van der Waals surface area contributed by atoms with Crippen molar-refractivity contribution in [2.45, 2.75) is 31.1 Å². The van der Waals surface area contributed by atoms with E-state index in [-0.39, 0.29) is 5.91 Å². The van der Waals surface area contributed by atoms with Crippen molar-refractivity contribution in [3.05, 3.63) is 35.4 Å². The molecule has 1 fully saturated rings. The summed E-state index contributed by atoms with van der Waals surface area (Å²) in [6.45, 7) is 2.37. The van der Waals surface area contributed by atoms with Gasteiger partial charge in [0.15, 0.2) is 0 Å². The number of carbonyl (C=O) groups is 1. The molecule has 0 atom stereocenters. The van der Waals surface area contributed by atoms with Crippen molar-refractivity contribution >= 4 is 5.91 Å². The van der Waals surface area contributed by atoms with Gasteiger partial charge in [0.05, 0.1) is 6.54 Å². The summed E-state index contributed by atoms with van der Waals surface area (Å²) in [5.74, 6) is 0.274. The molecule has 0 aromatic heterocycles. The molecule has 0 radical (unpaired) electrons. The topological polar surface area (TPSA) is 23.6 Å². The smallest absolute Gasteiger partial charge is 0.236 e. The molecule has 1 aromatic carbocycles. The van der Waals surface area contributed by atoms with E-state index in [0.29, 0.717) is 12.0 Å². The Hall–Kier alpha value is -1.35. The van der Waals surface area contributed by atoms with Crippen LogP contribution in [0.1, 0.15) is 30.4 Å². The summed E-state index contributed by atoms with van der Waals surface area (Å²) >= 11 is 0. The van der Waals surface area contributed by atoms with E-state index >= 15 is 0 Å². The highest BCUT2D eigenvalue weighted by molar-refractivity contribution is 5.78. The summed E-state index contributed by atoms with van der Waals surface area (Å²) in [4.78, 5) is 16.1. The van der Waals surface area contributed by atoms with Gasteiger partial charge in [-0.3, -0.25) is 4.79 Å². The normalized spacial score (nSPS) is 20.4. The number of likely N-dealkylation sites (tertiary alicyclic amines) is 1. The van der Waals surface area contributed by atoms with Gasteiger partial charge in [-0.2, -0.15) is 0 Å². The molecule has 0 unspecified atom stereocenters. The summed E-state index contributed by atoms with van der Waals surface area (Å²) in [6.07, 6.45) is 4.73. The monoisotopic (exact) mass is 272 g/mol. The fraction of sp³-hybridized carbons (Fsp3) is 0.588. The Morgan fingerprint density at radius 1 is 1.20 bits per heavy atom. The first-order valence-electron chi connectivity index (χ1n) is 7.62. The van der Waals surface area contributed by atoms with E-state index in [2.05, 4.69) is 24.3 Å². The van der Waals surface area contributed by atoms with Crippen LogP contribution in [0.3, 0.4) is 0 Å². The van der Waals surface area contributed by atoms with Crippen molar-refractivity contribution in [2.24, 2.45) is 0 Å². The maximum Gasteiger partial charge on any atom is 0.236 e. The molecule has 2 aliphatic rings. The van der Waals surface area contributed by atoms with Crippen LogP contribution in [-0.2, 0) is 16.6 Å². The molecule has 1 aliphatic carbocycles. The molecule has 108 valence electrons. The third kappa shape index (κ3) is 2.35. The lowest BCUT2D eigenvalue weighted by Crippen LogP contribution is -2.46. The van der Waals surface area contributed by atoms with Gasteiger partial charge in [0.1, 0.15) is 0 Å². The Morgan fingerprint density at radius 2 is 1.90 bits per heavy atom. The van der Waals surface area contributed by atoms with Crippen molar-refractivity contribution in [1.29, 1.82) is 0 Å². The van der Waals surface area contributed by atoms with Gasteiger partial charge in [-0.15, -0.1) is 0 Å². The second kappa shape index (κ2) is 5.21. The molecule has 3 nitrogen and oxygen atoms in total. The molecule has 1 aromatic rings. The molecule has 0 saturated carbocycles. The highest BCUT2D eigenvalue weighted by Crippen LogP contribution is 2.46. The second-order valence-corrected chi connectivity index (χ2v) is 6.56. The van der Waals surface area contributed by atoms with Gasteiger partial charge in [0.25, 0.3) is 0 Å². The maximum atomic E-state index is 12.1. The lowest BCUT2D eigenvalue weighted by molar-refractivity contribution is -0.133. The molecule has 3 heteroatoms. The van der Waals surface area contributed by atoms with E-state index in [0.717, 1.165) is 25.9 Å². The Balaban J connectivity index is 1.69. The molecular weight excluding hydrogens is 248 g/mol. The number of fused-ring (bicyclic) bond motifs is 2. The van der Waals surface area contributed by atoms with Crippen LogP contribution in [0.25, 0.3) is 0 Å². The van der Waals surface area contributed by atoms with Gasteiger partial charge in [-0.1, -0.05) is 24.3 Å². The van der Waals surface area contributed by atoms with Gasteiger partial charge in [-0.05, 0) is 56.3 Å². The number of rotatable bonds is 2. The highest BCUT2D eigenvalue weighted by Gasteiger charge is 2.41. The Morgan fingerprint density at radius 3 is 2.60 bits per heavy atom. The number of amides is 1. The zero-order chi connectivity index (χ0) is 14.2. The van der Waals surface area contributed by atoms with Crippen LogP contribution in [0.2, 0.25) is 0 Å². The average Bonchev–Trinajstić information content (AvgIpc) is 2.78. The predicted molar refractivity (Wildman–Crippen MR) is 80.8 cm³/mol. The average molecular weight is 272 g/mol. The number of hydrogen-bond donors (Lipinski definition) is 0. The first-order chi connectivity index (χ1) is 9.61. The summed E-state index contributed by atoms with van der Waals surface area (Å²) < 4.78 is 0. The molecule has 1 heterocycles. The highest BCUT2D eigenvalue weighted by atomic mass is 16.2. The molecule has 3 rings (SSSR count). The quantitative estimate of drug-likeness (QED) is 0.822. The summed E-state index contributed by atoms with van der Waals surface area (Å²) in [5.41, 5.74) is 3.44. The van der Waals surface area contributed by atoms with Crippen LogP contribution in [-0.4, -0.2) is 49.4 Å². The van der Waals surface area contributed by atoms with Gasteiger partial charge in [-0.25, -0.2) is 0 Å². The molecular formula is C17H24N2O. The molecule has 0 N–H and O–H groups in total. The van der Waals surface area contributed by atoms with Crippen LogP contribution < -0.4 is 0 Å². The first kappa shape index (κ1) is 13.6. The number of hydrogen-bond acceptors (Lipinski definition) is 2. The zero-order valence-corrected chi connectivity index (χ0v) is 12.6. The Bertz CT molecular complexity index is 501. The molecule has 20 heavy (non-hydrogen) atoms. The van der Waals surface area contributed by atoms with Gasteiger partial charge < -0.3 is 9.80 Å². The molecule has 0 bridgehead atoms. The van der Waals surface area contributed by atoms with E-state index in [9.17, 15) is 4.79 Å². The van der Waals surface area contributed by atoms with Gasteiger partial charge >= 0.3 is 0 Å². The Kier molecular flexibility index (Phi) is 3.55. The third-order valence-corrected chi connectivity index (χ3v) is 4.99. The lowest BCUT2D eigenvalue weighted by atomic mass is 9.74. The minimum Gasteiger partial charge on any atom is -0.342 e. The van der Waals surface area contributed by atoms with E-state index in [1.807, 2.05) is 23.9 Å². The SMILES string of the molecule is CN(C)CC(=O)N1CCC2(CCc3ccccc32)CC1. The van der Waals surface area contributed by atoms with Crippen molar-refractivity contribution in [3.8, 4) is 0 Å². The standard InChI is InChI=1S/C17H24N2O/c1-18(2)13-16(20)19-11-9-17(10-12-19)8-7-14-5-3-4-6-15(14)17/h3-6H,7-13H2,1-2H3. The molecule has 1 saturated heterocycles. The number of carbonyl (C=O) groups excluding carboxylic acids is 1. The minimum atomic E-state index is 0.274. The number of aryl methyl sites for hydroxylation is 1. The van der Waals surface area contributed by atoms with Gasteiger partial charge in [0.2, 0.25) is 5.91 Å². The van der Waals surface area contributed by atoms with E-state index < -0.39 is 0 Å². The van der Waals surface area contributed by atoms with Crippen LogP contribution in [0, 0.1) is 0 Å². The van der Waals surface area contributed by atoms with Crippen molar-refractivity contribution < 1.29 is 4.79 Å². The minimum absolute atomic E-state index is 0.274. The fourth-order valence-corrected chi connectivity index (χ4v) is 3.84. The van der Waals surface area contributed by atoms with E-state index in [1.165, 1.54) is 18.4 Å². The number of piperidine rings is 1. The number of nitrogens with zero attached hydrogens (tertiary/aromatic N) is 2. The molecule has 1 aliphatic heterocycles. The van der Waals surface area contributed by atoms with Crippen molar-refractivity contribution in [1.82, 2.24) is 9.80 Å². The molecule has 1 amide bonds. The van der Waals surface area contributed by atoms with Crippen molar-refractivity contribution in [3.63, 3.8) is 0 Å². The summed E-state index contributed by atoms with van der Waals surface area (Å²) in [5, 5.41) is 0.